The van der Waals surface area contributed by atoms with Crippen molar-refractivity contribution in [3.63, 3.8) is 0 Å². The summed E-state index contributed by atoms with van der Waals surface area (Å²) >= 11 is 0. The topological polar surface area (TPSA) is 44.8 Å². The van der Waals surface area contributed by atoms with Crippen LogP contribution in [0.25, 0.3) is 6.08 Å². The Hall–Kier alpha value is -2.75. The second kappa shape index (κ2) is 9.52. The van der Waals surface area contributed by atoms with Crippen LogP contribution in [0.15, 0.2) is 48.5 Å². The number of hydrogen-bond donors (Lipinski definition) is 0. The van der Waals surface area contributed by atoms with E-state index in [2.05, 4.69) is 0 Å². The van der Waals surface area contributed by atoms with Crippen molar-refractivity contribution in [1.82, 2.24) is 0 Å². The van der Waals surface area contributed by atoms with E-state index in [1.165, 1.54) is 0 Å². The highest BCUT2D eigenvalue weighted by molar-refractivity contribution is 6.07. The molecule has 0 aliphatic rings. The maximum absolute atomic E-state index is 12.4. The first-order valence-corrected chi connectivity index (χ1v) is 8.52. The Morgan fingerprint density at radius 1 is 0.840 bits per heavy atom. The first kappa shape index (κ1) is 18.6. The Balaban J connectivity index is 2.18. The molecule has 0 heterocycles. The van der Waals surface area contributed by atoms with Crippen molar-refractivity contribution in [2.24, 2.45) is 0 Å². The number of ketones is 1. The molecule has 0 aliphatic carbocycles. The Labute approximate surface area is 149 Å². The van der Waals surface area contributed by atoms with Crippen molar-refractivity contribution < 1.29 is 19.0 Å². The predicted octanol–water partition coefficient (Wildman–Crippen LogP) is 4.78. The number of carbonyl (C=O) groups is 1. The summed E-state index contributed by atoms with van der Waals surface area (Å²) in [5, 5.41) is 0. The molecule has 0 aromatic heterocycles. The van der Waals surface area contributed by atoms with Crippen LogP contribution in [0.4, 0.5) is 0 Å². The first-order chi connectivity index (χ1) is 12.2. The summed E-state index contributed by atoms with van der Waals surface area (Å²) in [6.07, 6.45) is 3.30. The fraction of sp³-hybridized carbons (Fsp3) is 0.286. The summed E-state index contributed by atoms with van der Waals surface area (Å²) in [7, 11) is 0. The van der Waals surface area contributed by atoms with Crippen molar-refractivity contribution >= 4 is 11.9 Å². The highest BCUT2D eigenvalue weighted by atomic mass is 16.5. The smallest absolute Gasteiger partial charge is 0.185 e. The lowest BCUT2D eigenvalue weighted by molar-refractivity contribution is 0.104. The van der Waals surface area contributed by atoms with Crippen LogP contribution in [0, 0.1) is 0 Å². The molecule has 0 bridgehead atoms. The number of rotatable bonds is 9. The van der Waals surface area contributed by atoms with Crippen molar-refractivity contribution in [3.05, 3.63) is 59.7 Å². The van der Waals surface area contributed by atoms with Gasteiger partial charge in [0.15, 0.2) is 5.78 Å². The molecular weight excluding hydrogens is 316 g/mol. The maximum atomic E-state index is 12.4. The zero-order valence-corrected chi connectivity index (χ0v) is 15.0. The zero-order chi connectivity index (χ0) is 18.1. The number of hydrogen-bond acceptors (Lipinski definition) is 4. The van der Waals surface area contributed by atoms with Crippen molar-refractivity contribution in [3.8, 4) is 17.2 Å². The van der Waals surface area contributed by atoms with Gasteiger partial charge in [-0.1, -0.05) is 0 Å². The normalized spacial score (nSPS) is 10.7. The molecule has 0 fully saturated rings. The Morgan fingerprint density at radius 3 is 2.08 bits per heavy atom. The van der Waals surface area contributed by atoms with E-state index in [0.717, 1.165) is 22.8 Å². The largest absolute Gasteiger partial charge is 0.494 e. The van der Waals surface area contributed by atoms with E-state index in [1.807, 2.05) is 39.0 Å². The molecule has 2 rings (SSSR count). The average molecular weight is 340 g/mol. The molecule has 4 nitrogen and oxygen atoms in total. The highest BCUT2D eigenvalue weighted by Gasteiger charge is 2.06. The molecule has 0 N–H and O–H groups in total. The van der Waals surface area contributed by atoms with Crippen LogP contribution in [-0.2, 0) is 0 Å². The lowest BCUT2D eigenvalue weighted by Crippen LogP contribution is -1.98. The number of benzene rings is 2. The van der Waals surface area contributed by atoms with E-state index in [4.69, 9.17) is 14.2 Å². The summed E-state index contributed by atoms with van der Waals surface area (Å²) in [6.45, 7) is 7.53. The maximum Gasteiger partial charge on any atom is 0.185 e. The molecule has 25 heavy (non-hydrogen) atoms. The molecule has 4 heteroatoms. The van der Waals surface area contributed by atoms with Gasteiger partial charge < -0.3 is 14.2 Å². The third kappa shape index (κ3) is 5.38. The van der Waals surface area contributed by atoms with Crippen LogP contribution in [0.3, 0.4) is 0 Å². The van der Waals surface area contributed by atoms with Crippen LogP contribution < -0.4 is 14.2 Å². The Kier molecular flexibility index (Phi) is 7.08. The number of carbonyl (C=O) groups excluding carboxylic acids is 1. The van der Waals surface area contributed by atoms with Gasteiger partial charge in [-0.15, -0.1) is 0 Å². The molecule has 0 saturated carbocycles. The van der Waals surface area contributed by atoms with Gasteiger partial charge in [0.2, 0.25) is 0 Å². The molecular formula is C21H24O4. The van der Waals surface area contributed by atoms with E-state index in [9.17, 15) is 4.79 Å². The second-order valence-corrected chi connectivity index (χ2v) is 5.22. The van der Waals surface area contributed by atoms with E-state index in [-0.39, 0.29) is 5.78 Å². The standard InChI is InChI=1S/C21H24O4/c1-4-23-18-10-7-16(8-11-18)20(22)13-9-17-15-19(24-5-2)12-14-21(17)25-6-3/h7-15H,4-6H2,1-3H3. The fourth-order valence-electron chi connectivity index (χ4n) is 2.34. The minimum atomic E-state index is -0.0766. The molecule has 0 unspecified atom stereocenters. The van der Waals surface area contributed by atoms with Crippen molar-refractivity contribution in [2.45, 2.75) is 20.8 Å². The Morgan fingerprint density at radius 2 is 1.44 bits per heavy atom. The van der Waals surface area contributed by atoms with Crippen LogP contribution in [0.2, 0.25) is 0 Å². The summed E-state index contributed by atoms with van der Waals surface area (Å²) < 4.78 is 16.5. The minimum Gasteiger partial charge on any atom is -0.494 e. The number of ether oxygens (including phenoxy) is 3. The van der Waals surface area contributed by atoms with Gasteiger partial charge in [-0.05, 0) is 75.4 Å². The lowest BCUT2D eigenvalue weighted by atomic mass is 10.1. The molecule has 0 spiro atoms. The van der Waals surface area contributed by atoms with E-state index < -0.39 is 0 Å². The predicted molar refractivity (Wildman–Crippen MR) is 99.8 cm³/mol. The van der Waals surface area contributed by atoms with Gasteiger partial charge in [-0.3, -0.25) is 4.79 Å². The SMILES string of the molecule is CCOc1ccc(C(=O)C=Cc2cc(OCC)ccc2OCC)cc1. The van der Waals surface area contributed by atoms with Gasteiger partial charge in [-0.25, -0.2) is 0 Å². The summed E-state index contributed by atoms with van der Waals surface area (Å²) in [5.41, 5.74) is 1.42. The van der Waals surface area contributed by atoms with Gasteiger partial charge >= 0.3 is 0 Å². The summed E-state index contributed by atoms with van der Waals surface area (Å²) in [6, 6.07) is 12.7. The first-order valence-electron chi connectivity index (χ1n) is 8.52. The lowest BCUT2D eigenvalue weighted by Gasteiger charge is -2.10. The van der Waals surface area contributed by atoms with E-state index in [1.54, 1.807) is 36.4 Å². The van der Waals surface area contributed by atoms with Gasteiger partial charge in [0, 0.05) is 11.1 Å². The van der Waals surface area contributed by atoms with Gasteiger partial charge in [0.05, 0.1) is 19.8 Å². The minimum absolute atomic E-state index is 0.0766. The van der Waals surface area contributed by atoms with Crippen LogP contribution in [0.1, 0.15) is 36.7 Å². The molecule has 0 amide bonds. The highest BCUT2D eigenvalue weighted by Crippen LogP contribution is 2.26. The molecule has 0 atom stereocenters. The van der Waals surface area contributed by atoms with Gasteiger partial charge in [0.1, 0.15) is 17.2 Å². The van der Waals surface area contributed by atoms with Gasteiger partial charge in [0.25, 0.3) is 0 Å². The van der Waals surface area contributed by atoms with Gasteiger partial charge in [-0.2, -0.15) is 0 Å². The van der Waals surface area contributed by atoms with Crippen molar-refractivity contribution in [1.29, 1.82) is 0 Å². The average Bonchev–Trinajstić information content (AvgIpc) is 2.63. The Bertz CT molecular complexity index is 717. The van der Waals surface area contributed by atoms with Crippen LogP contribution in [0.5, 0.6) is 17.2 Å². The molecule has 0 radical (unpaired) electrons. The van der Waals surface area contributed by atoms with Crippen molar-refractivity contribution in [2.75, 3.05) is 19.8 Å². The van der Waals surface area contributed by atoms with Crippen LogP contribution in [-0.4, -0.2) is 25.6 Å². The molecule has 2 aromatic rings. The second-order valence-electron chi connectivity index (χ2n) is 5.22. The number of allylic oxidation sites excluding steroid dienone is 1. The van der Waals surface area contributed by atoms with E-state index in [0.29, 0.717) is 25.4 Å². The molecule has 0 saturated heterocycles. The fourth-order valence-corrected chi connectivity index (χ4v) is 2.34. The third-order valence-electron chi connectivity index (χ3n) is 3.46. The molecule has 2 aromatic carbocycles. The van der Waals surface area contributed by atoms with E-state index >= 15 is 0 Å². The monoisotopic (exact) mass is 340 g/mol. The zero-order valence-electron chi connectivity index (χ0n) is 15.0. The van der Waals surface area contributed by atoms with Crippen LogP contribution >= 0.6 is 0 Å². The quantitative estimate of drug-likeness (QED) is 0.487. The summed E-state index contributed by atoms with van der Waals surface area (Å²) in [4.78, 5) is 12.4. The molecule has 132 valence electrons. The third-order valence-corrected chi connectivity index (χ3v) is 3.46. The summed E-state index contributed by atoms with van der Waals surface area (Å²) in [5.74, 6) is 2.15. The molecule has 0 aliphatic heterocycles.